The zero-order valence-electron chi connectivity index (χ0n) is 15.5. The Bertz CT molecular complexity index is 982. The highest BCUT2D eigenvalue weighted by atomic mass is 16.6. The number of nitriles is 2. The van der Waals surface area contributed by atoms with E-state index < -0.39 is 12.1 Å². The van der Waals surface area contributed by atoms with E-state index in [2.05, 4.69) is 0 Å². The molecule has 1 aliphatic heterocycles. The molecule has 0 bridgehead atoms. The summed E-state index contributed by atoms with van der Waals surface area (Å²) >= 11 is 0. The standard InChI is InChI=1S/C22H18N2O5/c23-11-15-1-5-17(6-2-15)13-27-20-19(9-10-25)29-22(26)21(20)28-14-18-7-3-16(12-24)4-8-18/h1-8,19,25H,9-10,13-14H2. The fourth-order valence-corrected chi connectivity index (χ4v) is 2.75. The molecule has 1 N–H and O–H groups in total. The molecular formula is C22H18N2O5. The van der Waals surface area contributed by atoms with Crippen LogP contribution in [0.15, 0.2) is 60.0 Å². The molecule has 1 unspecified atom stereocenters. The Morgan fingerprint density at radius 2 is 1.41 bits per heavy atom. The number of hydrogen-bond acceptors (Lipinski definition) is 7. The van der Waals surface area contributed by atoms with E-state index in [0.29, 0.717) is 11.1 Å². The van der Waals surface area contributed by atoms with E-state index in [9.17, 15) is 9.90 Å². The van der Waals surface area contributed by atoms with Crippen LogP contribution in [0.2, 0.25) is 0 Å². The number of nitrogens with zero attached hydrogens (tertiary/aromatic N) is 2. The van der Waals surface area contributed by atoms with E-state index in [-0.39, 0.29) is 37.8 Å². The van der Waals surface area contributed by atoms with Crippen LogP contribution in [0.25, 0.3) is 0 Å². The number of carbonyl (C=O) groups excluding carboxylic acids is 1. The molecule has 0 saturated heterocycles. The van der Waals surface area contributed by atoms with Crippen molar-refractivity contribution >= 4 is 5.97 Å². The largest absolute Gasteiger partial charge is 0.485 e. The fourth-order valence-electron chi connectivity index (χ4n) is 2.75. The van der Waals surface area contributed by atoms with Crippen molar-refractivity contribution in [2.75, 3.05) is 6.61 Å². The van der Waals surface area contributed by atoms with Gasteiger partial charge >= 0.3 is 5.97 Å². The fraction of sp³-hybridized carbons (Fsp3) is 0.227. The maximum absolute atomic E-state index is 12.2. The van der Waals surface area contributed by atoms with E-state index in [1.165, 1.54) is 0 Å². The number of ether oxygens (including phenoxy) is 3. The van der Waals surface area contributed by atoms with Crippen molar-refractivity contribution in [3.63, 3.8) is 0 Å². The van der Waals surface area contributed by atoms with E-state index in [0.717, 1.165) is 11.1 Å². The van der Waals surface area contributed by atoms with Crippen molar-refractivity contribution in [2.24, 2.45) is 0 Å². The number of benzene rings is 2. The third kappa shape index (κ3) is 4.92. The van der Waals surface area contributed by atoms with Gasteiger partial charge in [-0.15, -0.1) is 0 Å². The number of cyclic esters (lactones) is 1. The summed E-state index contributed by atoms with van der Waals surface area (Å²) in [5.41, 5.74) is 2.66. The first-order valence-electron chi connectivity index (χ1n) is 8.94. The summed E-state index contributed by atoms with van der Waals surface area (Å²) in [7, 11) is 0. The molecule has 1 heterocycles. The Hall–Kier alpha value is -3.81. The predicted octanol–water partition coefficient (Wildman–Crippen LogP) is 2.68. The van der Waals surface area contributed by atoms with Gasteiger partial charge in [0.1, 0.15) is 13.2 Å². The zero-order valence-corrected chi connectivity index (χ0v) is 15.5. The van der Waals surface area contributed by atoms with E-state index in [4.69, 9.17) is 24.7 Å². The summed E-state index contributed by atoms with van der Waals surface area (Å²) in [6.45, 7) is 0.0830. The van der Waals surface area contributed by atoms with Crippen molar-refractivity contribution in [2.45, 2.75) is 25.7 Å². The van der Waals surface area contributed by atoms with Crippen LogP contribution in [0.1, 0.15) is 28.7 Å². The Morgan fingerprint density at radius 1 is 0.897 bits per heavy atom. The molecule has 146 valence electrons. The second kappa shape index (κ2) is 9.41. The second-order valence-electron chi connectivity index (χ2n) is 6.29. The molecule has 0 spiro atoms. The Labute approximate surface area is 168 Å². The van der Waals surface area contributed by atoms with Crippen LogP contribution in [-0.2, 0) is 32.2 Å². The molecule has 2 aromatic rings. The van der Waals surface area contributed by atoms with Crippen LogP contribution < -0.4 is 0 Å². The van der Waals surface area contributed by atoms with Gasteiger partial charge in [-0.2, -0.15) is 10.5 Å². The normalized spacial score (nSPS) is 15.4. The van der Waals surface area contributed by atoms with Gasteiger partial charge in [0.25, 0.3) is 0 Å². The van der Waals surface area contributed by atoms with Gasteiger partial charge in [-0.1, -0.05) is 24.3 Å². The average molecular weight is 390 g/mol. The molecule has 0 aromatic heterocycles. The molecular weight excluding hydrogens is 372 g/mol. The molecule has 1 aliphatic rings. The van der Waals surface area contributed by atoms with E-state index >= 15 is 0 Å². The maximum atomic E-state index is 12.2. The van der Waals surface area contributed by atoms with Gasteiger partial charge in [0.15, 0.2) is 11.9 Å². The van der Waals surface area contributed by atoms with Crippen molar-refractivity contribution < 1.29 is 24.1 Å². The van der Waals surface area contributed by atoms with Crippen LogP contribution >= 0.6 is 0 Å². The van der Waals surface area contributed by atoms with Crippen LogP contribution in [0.4, 0.5) is 0 Å². The van der Waals surface area contributed by atoms with E-state index in [1.807, 2.05) is 12.1 Å². The summed E-state index contributed by atoms with van der Waals surface area (Å²) in [6, 6.07) is 17.8. The van der Waals surface area contributed by atoms with Gasteiger partial charge in [-0.05, 0) is 35.4 Å². The van der Waals surface area contributed by atoms with Gasteiger partial charge in [0.2, 0.25) is 5.76 Å². The third-order valence-corrected chi connectivity index (χ3v) is 4.29. The quantitative estimate of drug-likeness (QED) is 0.690. The number of aliphatic hydroxyl groups excluding tert-OH is 1. The third-order valence-electron chi connectivity index (χ3n) is 4.29. The molecule has 7 nitrogen and oxygen atoms in total. The lowest BCUT2D eigenvalue weighted by Crippen LogP contribution is -2.15. The van der Waals surface area contributed by atoms with Crippen LogP contribution in [0, 0.1) is 22.7 Å². The van der Waals surface area contributed by atoms with Crippen molar-refractivity contribution in [3.05, 3.63) is 82.3 Å². The molecule has 0 amide bonds. The molecule has 2 aromatic carbocycles. The van der Waals surface area contributed by atoms with Crippen molar-refractivity contribution in [3.8, 4) is 12.1 Å². The first-order valence-corrected chi connectivity index (χ1v) is 8.94. The number of rotatable bonds is 8. The molecule has 0 fully saturated rings. The smallest absolute Gasteiger partial charge is 0.378 e. The second-order valence-corrected chi connectivity index (χ2v) is 6.29. The molecule has 0 radical (unpaired) electrons. The first-order chi connectivity index (χ1) is 14.1. The van der Waals surface area contributed by atoms with Crippen LogP contribution in [0.3, 0.4) is 0 Å². The molecule has 3 rings (SSSR count). The van der Waals surface area contributed by atoms with E-state index in [1.54, 1.807) is 48.5 Å². The highest BCUT2D eigenvalue weighted by Crippen LogP contribution is 2.28. The van der Waals surface area contributed by atoms with Crippen LogP contribution in [-0.4, -0.2) is 23.8 Å². The minimum absolute atomic E-state index is 0.0264. The Kier molecular flexibility index (Phi) is 6.47. The summed E-state index contributed by atoms with van der Waals surface area (Å²) in [4.78, 5) is 12.2. The minimum atomic E-state index is -0.721. The lowest BCUT2D eigenvalue weighted by Gasteiger charge is -2.14. The maximum Gasteiger partial charge on any atom is 0.378 e. The molecule has 1 atom stereocenters. The molecule has 0 saturated carbocycles. The van der Waals surface area contributed by atoms with Gasteiger partial charge in [-0.3, -0.25) is 0 Å². The Morgan fingerprint density at radius 3 is 1.90 bits per heavy atom. The molecule has 0 aliphatic carbocycles. The van der Waals surface area contributed by atoms with Crippen molar-refractivity contribution in [1.29, 1.82) is 10.5 Å². The lowest BCUT2D eigenvalue weighted by molar-refractivity contribution is -0.143. The topological polar surface area (TPSA) is 113 Å². The number of esters is 1. The summed E-state index contributed by atoms with van der Waals surface area (Å²) in [5, 5.41) is 27.0. The summed E-state index contributed by atoms with van der Waals surface area (Å²) in [6.07, 6.45) is -0.528. The zero-order chi connectivity index (χ0) is 20.6. The molecule has 7 heteroatoms. The summed E-state index contributed by atoms with van der Waals surface area (Å²) in [5.74, 6) is -0.435. The lowest BCUT2D eigenvalue weighted by atomic mass is 10.1. The first kappa shape index (κ1) is 19.9. The van der Waals surface area contributed by atoms with Gasteiger partial charge in [0, 0.05) is 13.0 Å². The van der Waals surface area contributed by atoms with Gasteiger partial charge in [-0.25, -0.2) is 4.79 Å². The van der Waals surface area contributed by atoms with Crippen LogP contribution in [0.5, 0.6) is 0 Å². The number of carbonyl (C=O) groups is 1. The molecule has 29 heavy (non-hydrogen) atoms. The number of hydrogen-bond donors (Lipinski definition) is 1. The monoisotopic (exact) mass is 390 g/mol. The SMILES string of the molecule is N#Cc1ccc(COC2=C(OCc3ccc(C#N)cc3)C(CCO)OC2=O)cc1. The highest BCUT2D eigenvalue weighted by Gasteiger charge is 2.37. The minimum Gasteiger partial charge on any atom is -0.485 e. The highest BCUT2D eigenvalue weighted by molar-refractivity contribution is 5.89. The predicted molar refractivity (Wildman–Crippen MR) is 101 cm³/mol. The van der Waals surface area contributed by atoms with Gasteiger partial charge < -0.3 is 19.3 Å². The summed E-state index contributed by atoms with van der Waals surface area (Å²) < 4.78 is 16.7. The number of aliphatic hydroxyl groups is 1. The van der Waals surface area contributed by atoms with Crippen molar-refractivity contribution in [1.82, 2.24) is 0 Å². The average Bonchev–Trinajstić information content (AvgIpc) is 3.05. The Balaban J connectivity index is 1.74. The van der Waals surface area contributed by atoms with Gasteiger partial charge in [0.05, 0.1) is 23.3 Å².